The average molecular weight is 844 g/mol. The van der Waals surface area contributed by atoms with Crippen molar-refractivity contribution in [2.75, 3.05) is 69.3 Å². The summed E-state index contributed by atoms with van der Waals surface area (Å²) in [4.78, 5) is 40.1. The number of rotatable bonds is 11. The van der Waals surface area contributed by atoms with E-state index in [0.717, 1.165) is 59.5 Å². The second kappa shape index (κ2) is 19.9. The van der Waals surface area contributed by atoms with Gasteiger partial charge in [0.05, 0.1) is 40.9 Å². The molecule has 13 nitrogen and oxygen atoms in total. The minimum Gasteiger partial charge on any atom is -0.495 e. The number of aryl methyl sites for hydroxylation is 4. The Morgan fingerprint density at radius 1 is 0.656 bits per heavy atom. The van der Waals surface area contributed by atoms with Crippen molar-refractivity contribution >= 4 is 35.0 Å². The van der Waals surface area contributed by atoms with Gasteiger partial charge in [0.2, 0.25) is 5.89 Å². The van der Waals surface area contributed by atoms with Crippen LogP contribution in [0.25, 0.3) is 0 Å². The third kappa shape index (κ3) is 10.2. The third-order valence-electron chi connectivity index (χ3n) is 11.2. The minimum absolute atomic E-state index is 0.00924. The van der Waals surface area contributed by atoms with Gasteiger partial charge in [0.15, 0.2) is 5.82 Å². The number of thioether (sulfide) groups is 1. The Kier molecular flexibility index (Phi) is 13.9. The fourth-order valence-electron chi connectivity index (χ4n) is 7.55. The van der Waals surface area contributed by atoms with Gasteiger partial charge in [0, 0.05) is 62.9 Å². The van der Waals surface area contributed by atoms with Crippen LogP contribution in [0, 0.1) is 34.6 Å². The number of anilines is 2. The van der Waals surface area contributed by atoms with E-state index >= 15 is 0 Å². The molecule has 2 aromatic heterocycles. The number of carbonyl (C=O) groups excluding carboxylic acids is 2. The van der Waals surface area contributed by atoms with Gasteiger partial charge in [-0.1, -0.05) is 58.8 Å². The molecule has 0 atom stereocenters. The number of ether oxygens (including phenoxy) is 2. The summed E-state index contributed by atoms with van der Waals surface area (Å²) in [5, 5.41) is 7.78. The number of hydrogen-bond acceptors (Lipinski definition) is 12. The molecule has 0 unspecified atom stereocenters. The van der Waals surface area contributed by atoms with E-state index in [4.69, 9.17) is 18.5 Å². The van der Waals surface area contributed by atoms with Gasteiger partial charge in [0.25, 0.3) is 11.8 Å². The Labute approximate surface area is 361 Å². The molecule has 2 fully saturated rings. The zero-order valence-electron chi connectivity index (χ0n) is 35.7. The van der Waals surface area contributed by atoms with Crippen LogP contribution in [-0.2, 0) is 12.4 Å². The molecule has 2 saturated heterocycles. The molecule has 0 aliphatic carbocycles. The van der Waals surface area contributed by atoms with Gasteiger partial charge in [0.1, 0.15) is 23.9 Å². The fraction of sp³-hybridized carbons (Fsp3) is 0.340. The van der Waals surface area contributed by atoms with Gasteiger partial charge in [-0.2, -0.15) is 4.98 Å². The van der Waals surface area contributed by atoms with Crippen LogP contribution in [0.3, 0.4) is 0 Å². The molecule has 2 aliphatic heterocycles. The van der Waals surface area contributed by atoms with Crippen LogP contribution >= 0.6 is 11.8 Å². The molecule has 0 spiro atoms. The van der Waals surface area contributed by atoms with E-state index in [9.17, 15) is 9.59 Å². The molecule has 14 heteroatoms. The zero-order chi connectivity index (χ0) is 42.9. The van der Waals surface area contributed by atoms with Gasteiger partial charge >= 0.3 is 0 Å². The molecule has 2 aliphatic rings. The lowest BCUT2D eigenvalue weighted by molar-refractivity contribution is 0.0735. The molecule has 4 heterocycles. The van der Waals surface area contributed by atoms with Crippen LogP contribution in [-0.4, -0.2) is 96.4 Å². The van der Waals surface area contributed by atoms with E-state index in [-0.39, 0.29) is 11.8 Å². The number of aromatic nitrogens is 3. The van der Waals surface area contributed by atoms with Crippen molar-refractivity contribution in [2.45, 2.75) is 51.9 Å². The van der Waals surface area contributed by atoms with Gasteiger partial charge < -0.3 is 38.1 Å². The first-order chi connectivity index (χ1) is 29.6. The highest BCUT2D eigenvalue weighted by molar-refractivity contribution is 7.98. The van der Waals surface area contributed by atoms with Crippen LogP contribution in [0.1, 0.15) is 60.6 Å². The topological polar surface area (TPSA) is 131 Å². The maximum Gasteiger partial charge on any atom is 0.257 e. The summed E-state index contributed by atoms with van der Waals surface area (Å²) in [7, 11) is 1.68. The standard InChI is InChI=1S/C25H29N3O3.C22H24N4O3S/c1-17-8-7-10-23(18(17)2)27-12-14-28(15-13-27)25(29)21-9-5-6-11-24(21)30-16-22-19(3)26-31-20(22)4;1-16-23-21(29-24-16)15-30-20-10-6-3-7-17(20)22(27)26-13-11-25(12-14-26)18-8-4-5-9-19(18)28-2/h5-11H,12-16H2,1-4H3;3-10H,11-15H2,1-2H3. The predicted octanol–water partition coefficient (Wildman–Crippen LogP) is 8.09. The van der Waals surface area contributed by atoms with Crippen LogP contribution in [0.4, 0.5) is 11.4 Å². The van der Waals surface area contributed by atoms with Crippen LogP contribution in [0.15, 0.2) is 105 Å². The van der Waals surface area contributed by atoms with Crippen molar-refractivity contribution in [2.24, 2.45) is 0 Å². The van der Waals surface area contributed by atoms with E-state index in [0.29, 0.717) is 67.1 Å². The predicted molar refractivity (Wildman–Crippen MR) is 237 cm³/mol. The van der Waals surface area contributed by atoms with Gasteiger partial charge in [-0.05, 0) is 88.2 Å². The lowest BCUT2D eigenvalue weighted by Crippen LogP contribution is -2.49. The van der Waals surface area contributed by atoms with Crippen LogP contribution in [0.2, 0.25) is 0 Å². The Bertz CT molecular complexity index is 2410. The highest BCUT2D eigenvalue weighted by Gasteiger charge is 2.27. The number of methoxy groups -OCH3 is 1. The largest absolute Gasteiger partial charge is 0.495 e. The molecule has 318 valence electrons. The number of benzene rings is 4. The minimum atomic E-state index is 0.00924. The van der Waals surface area contributed by atoms with E-state index in [1.807, 2.05) is 90.4 Å². The zero-order valence-corrected chi connectivity index (χ0v) is 36.5. The number of amides is 2. The quantitative estimate of drug-likeness (QED) is 0.117. The maximum absolute atomic E-state index is 13.3. The first-order valence-electron chi connectivity index (χ1n) is 20.5. The summed E-state index contributed by atoms with van der Waals surface area (Å²) < 4.78 is 21.9. The molecular weight excluding hydrogens is 791 g/mol. The normalized spacial score (nSPS) is 14.1. The monoisotopic (exact) mass is 843 g/mol. The van der Waals surface area contributed by atoms with E-state index in [1.165, 1.54) is 28.6 Å². The van der Waals surface area contributed by atoms with Crippen molar-refractivity contribution in [1.29, 1.82) is 0 Å². The summed E-state index contributed by atoms with van der Waals surface area (Å²) in [5.74, 6) is 3.96. The lowest BCUT2D eigenvalue weighted by Gasteiger charge is -2.37. The number of carbonyl (C=O) groups is 2. The van der Waals surface area contributed by atoms with Crippen molar-refractivity contribution in [1.82, 2.24) is 25.1 Å². The van der Waals surface area contributed by atoms with Gasteiger partial charge in [-0.3, -0.25) is 9.59 Å². The molecule has 6 aromatic rings. The maximum atomic E-state index is 13.3. The Morgan fingerprint density at radius 3 is 1.89 bits per heavy atom. The average Bonchev–Trinajstić information content (AvgIpc) is 3.87. The first kappa shape index (κ1) is 42.8. The van der Waals surface area contributed by atoms with Crippen molar-refractivity contribution in [3.63, 3.8) is 0 Å². The second-order valence-corrected chi connectivity index (χ2v) is 16.1. The number of para-hydroxylation sites is 3. The summed E-state index contributed by atoms with van der Waals surface area (Å²) in [6.07, 6.45) is 0. The summed E-state index contributed by atoms with van der Waals surface area (Å²) in [5.41, 5.74) is 7.96. The van der Waals surface area contributed by atoms with Crippen molar-refractivity contribution < 1.29 is 28.1 Å². The fourth-order valence-corrected chi connectivity index (χ4v) is 8.43. The van der Waals surface area contributed by atoms with Crippen LogP contribution < -0.4 is 19.3 Å². The summed E-state index contributed by atoms with van der Waals surface area (Å²) >= 11 is 1.54. The van der Waals surface area contributed by atoms with Gasteiger partial charge in [-0.25, -0.2) is 0 Å². The number of hydrogen-bond donors (Lipinski definition) is 0. The van der Waals surface area contributed by atoms with Crippen molar-refractivity contribution in [3.05, 3.63) is 142 Å². The van der Waals surface area contributed by atoms with E-state index in [2.05, 4.69) is 63.2 Å². The number of piperazine rings is 2. The molecule has 0 N–H and O–H groups in total. The molecule has 2 amide bonds. The number of nitrogens with zero attached hydrogens (tertiary/aromatic N) is 7. The molecule has 4 aromatic carbocycles. The molecule has 61 heavy (non-hydrogen) atoms. The highest BCUT2D eigenvalue weighted by Crippen LogP contribution is 2.31. The molecule has 0 radical (unpaired) electrons. The van der Waals surface area contributed by atoms with E-state index in [1.54, 1.807) is 14.0 Å². The molecule has 0 bridgehead atoms. The summed E-state index contributed by atoms with van der Waals surface area (Å²) in [6.45, 7) is 16.0. The molecule has 8 rings (SSSR count). The third-order valence-corrected chi connectivity index (χ3v) is 12.2. The molecule has 0 saturated carbocycles. The molecular formula is C47H53N7O6S. The lowest BCUT2D eigenvalue weighted by atomic mass is 10.1. The van der Waals surface area contributed by atoms with Crippen LogP contribution in [0.5, 0.6) is 11.5 Å². The first-order valence-corrected chi connectivity index (χ1v) is 21.5. The van der Waals surface area contributed by atoms with E-state index < -0.39 is 0 Å². The Morgan fingerprint density at radius 2 is 1.25 bits per heavy atom. The summed E-state index contributed by atoms with van der Waals surface area (Å²) in [6, 6.07) is 29.5. The SMILES string of the molecule is COc1ccccc1N1CCN(C(=O)c2ccccc2SCc2nc(C)no2)CC1.Cc1cccc(N2CCN(C(=O)c3ccccc3OCc3c(C)noc3C)CC2)c1C. The second-order valence-electron chi connectivity index (χ2n) is 15.1. The smallest absolute Gasteiger partial charge is 0.257 e. The van der Waals surface area contributed by atoms with Crippen molar-refractivity contribution in [3.8, 4) is 11.5 Å². The Balaban J connectivity index is 0.000000184. The highest BCUT2D eigenvalue weighted by atomic mass is 32.2. The van der Waals surface area contributed by atoms with Gasteiger partial charge in [-0.15, -0.1) is 11.8 Å². The Hall–Kier alpha value is -6.28.